The van der Waals surface area contributed by atoms with Crippen LogP contribution in [0, 0.1) is 34.5 Å². The summed E-state index contributed by atoms with van der Waals surface area (Å²) in [7, 11) is 0. The van der Waals surface area contributed by atoms with Gasteiger partial charge in [-0.1, -0.05) is 51.1 Å². The number of carbonyl (C=O) groups excluding carboxylic acids is 2. The number of ketones is 1. The fraction of sp³-hybridized carbons (Fsp3) is 0.586. The summed E-state index contributed by atoms with van der Waals surface area (Å²) < 4.78 is 6.01. The van der Waals surface area contributed by atoms with Gasteiger partial charge >= 0.3 is 6.09 Å². The number of hydrogen-bond acceptors (Lipinski definition) is 6. The van der Waals surface area contributed by atoms with Crippen LogP contribution < -0.4 is 4.90 Å². The highest BCUT2D eigenvalue weighted by Gasteiger charge is 2.76. The molecule has 2 bridgehead atoms. The predicted octanol–water partition coefficient (Wildman–Crippen LogP) is 3.02. The van der Waals surface area contributed by atoms with Crippen LogP contribution in [-0.4, -0.2) is 58.2 Å². The number of rotatable bonds is 2. The molecule has 0 aromatic heterocycles. The number of hydrogen-bond donors (Lipinski definition) is 3. The fourth-order valence-electron chi connectivity index (χ4n) is 8.29. The molecule has 7 nitrogen and oxygen atoms in total. The number of anilines is 1. The molecule has 36 heavy (non-hydrogen) atoms. The van der Waals surface area contributed by atoms with Crippen molar-refractivity contribution in [1.29, 1.82) is 0 Å². The Bertz CT molecular complexity index is 1220. The van der Waals surface area contributed by atoms with Crippen molar-refractivity contribution in [3.8, 4) is 0 Å². The first-order chi connectivity index (χ1) is 17.0. The Balaban J connectivity index is 1.43. The van der Waals surface area contributed by atoms with Crippen molar-refractivity contribution in [2.24, 2.45) is 34.5 Å². The second kappa shape index (κ2) is 7.53. The van der Waals surface area contributed by atoms with E-state index >= 15 is 0 Å². The molecule has 1 amide bonds. The van der Waals surface area contributed by atoms with Crippen LogP contribution in [0.15, 0.2) is 47.6 Å². The summed E-state index contributed by atoms with van der Waals surface area (Å²) in [5.41, 5.74) is -1.01. The van der Waals surface area contributed by atoms with E-state index in [-0.39, 0.29) is 28.6 Å². The average molecular weight is 494 g/mol. The van der Waals surface area contributed by atoms with Crippen LogP contribution in [0.4, 0.5) is 10.5 Å². The molecule has 1 spiro atoms. The zero-order valence-corrected chi connectivity index (χ0v) is 21.3. The van der Waals surface area contributed by atoms with Gasteiger partial charge in [0.25, 0.3) is 0 Å². The number of ether oxygens (including phenoxy) is 1. The Morgan fingerprint density at radius 2 is 1.97 bits per heavy atom. The number of para-hydroxylation sites is 1. The van der Waals surface area contributed by atoms with Gasteiger partial charge in [0.2, 0.25) is 0 Å². The zero-order chi connectivity index (χ0) is 25.8. The van der Waals surface area contributed by atoms with E-state index in [0.717, 1.165) is 17.7 Å². The quantitative estimate of drug-likeness (QED) is 0.547. The molecule has 0 saturated heterocycles. The lowest BCUT2D eigenvalue weighted by molar-refractivity contribution is -0.189. The van der Waals surface area contributed by atoms with Crippen LogP contribution in [-0.2, 0) is 16.0 Å². The van der Waals surface area contributed by atoms with Gasteiger partial charge in [-0.05, 0) is 65.7 Å². The van der Waals surface area contributed by atoms with Gasteiger partial charge in [0.15, 0.2) is 17.5 Å². The topological polar surface area (TPSA) is 107 Å². The van der Waals surface area contributed by atoms with Crippen LogP contribution >= 0.6 is 0 Å². The summed E-state index contributed by atoms with van der Waals surface area (Å²) in [5.74, 6) is -0.582. The molecule has 0 radical (unpaired) electrons. The van der Waals surface area contributed by atoms with Crippen molar-refractivity contribution in [3.05, 3.63) is 53.1 Å². The summed E-state index contributed by atoms with van der Waals surface area (Å²) >= 11 is 0. The Labute approximate surface area is 211 Å². The van der Waals surface area contributed by atoms with Gasteiger partial charge < -0.3 is 20.1 Å². The van der Waals surface area contributed by atoms with Crippen LogP contribution in [0.25, 0.3) is 0 Å². The van der Waals surface area contributed by atoms with Crippen LogP contribution in [0.5, 0.6) is 0 Å². The second-order valence-electron chi connectivity index (χ2n) is 12.2. The molecular weight excluding hydrogens is 458 g/mol. The number of carbonyl (C=O) groups is 2. The van der Waals surface area contributed by atoms with E-state index < -0.39 is 41.8 Å². The Hall–Kier alpha value is -2.48. The molecule has 4 aliphatic carbocycles. The van der Waals surface area contributed by atoms with Gasteiger partial charge in [-0.15, -0.1) is 0 Å². The fourth-order valence-corrected chi connectivity index (χ4v) is 8.29. The number of Topliss-reactive ketones (excluding diaryl/α,β-unsaturated/α-hetero) is 1. The van der Waals surface area contributed by atoms with Crippen molar-refractivity contribution in [2.75, 3.05) is 18.1 Å². The van der Waals surface area contributed by atoms with Gasteiger partial charge in [-0.25, -0.2) is 4.79 Å². The van der Waals surface area contributed by atoms with Crippen LogP contribution in [0.2, 0.25) is 0 Å². The molecule has 2 unspecified atom stereocenters. The Morgan fingerprint density at radius 3 is 2.69 bits per heavy atom. The zero-order valence-electron chi connectivity index (χ0n) is 21.3. The maximum Gasteiger partial charge on any atom is 0.415 e. The number of nitrogens with zero attached hydrogens (tertiary/aromatic N) is 1. The second-order valence-corrected chi connectivity index (χ2v) is 12.2. The van der Waals surface area contributed by atoms with E-state index in [4.69, 9.17) is 4.74 Å². The van der Waals surface area contributed by atoms with Gasteiger partial charge in [-0.2, -0.15) is 0 Å². The number of benzene rings is 1. The molecule has 2 saturated carbocycles. The minimum absolute atomic E-state index is 0.0347. The summed E-state index contributed by atoms with van der Waals surface area (Å²) in [6.45, 7) is 7.99. The lowest BCUT2D eigenvalue weighted by Gasteiger charge is -2.48. The highest BCUT2D eigenvalue weighted by atomic mass is 16.6. The lowest BCUT2D eigenvalue weighted by Crippen LogP contribution is -2.66. The van der Waals surface area contributed by atoms with Gasteiger partial charge in [0.05, 0.1) is 17.7 Å². The van der Waals surface area contributed by atoms with Crippen LogP contribution in [0.1, 0.15) is 39.7 Å². The molecule has 1 aromatic rings. The molecule has 5 aliphatic rings. The summed E-state index contributed by atoms with van der Waals surface area (Å²) in [6.07, 6.45) is 1.47. The van der Waals surface area contributed by atoms with Crippen molar-refractivity contribution in [2.45, 2.75) is 58.3 Å². The number of allylic oxidation sites excluding steroid dienone is 1. The maximum absolute atomic E-state index is 14.4. The minimum Gasteiger partial charge on any atom is -0.438 e. The third-order valence-electron chi connectivity index (χ3n) is 10.2. The van der Waals surface area contributed by atoms with E-state index in [1.165, 1.54) is 0 Å². The first-order valence-electron chi connectivity index (χ1n) is 13.0. The van der Waals surface area contributed by atoms with Gasteiger partial charge in [-0.3, -0.25) is 9.69 Å². The molecule has 8 atom stereocenters. The monoisotopic (exact) mass is 493 g/mol. The maximum atomic E-state index is 14.4. The highest BCUT2D eigenvalue weighted by molar-refractivity contribution is 5.96. The van der Waals surface area contributed by atoms with E-state index in [0.29, 0.717) is 24.5 Å². The first kappa shape index (κ1) is 23.9. The molecule has 7 heteroatoms. The summed E-state index contributed by atoms with van der Waals surface area (Å²) in [4.78, 5) is 29.4. The third kappa shape index (κ3) is 2.74. The Morgan fingerprint density at radius 1 is 1.25 bits per heavy atom. The van der Waals surface area contributed by atoms with Crippen LogP contribution in [0.3, 0.4) is 0 Å². The third-order valence-corrected chi connectivity index (χ3v) is 10.2. The van der Waals surface area contributed by atoms with E-state index in [1.807, 2.05) is 31.2 Å². The molecule has 1 aliphatic heterocycles. The van der Waals surface area contributed by atoms with Crippen molar-refractivity contribution >= 4 is 17.6 Å². The van der Waals surface area contributed by atoms with Crippen molar-refractivity contribution in [3.63, 3.8) is 0 Å². The average Bonchev–Trinajstić information content (AvgIpc) is 3.14. The first-order valence-corrected chi connectivity index (χ1v) is 13.0. The molecule has 1 heterocycles. The molecule has 2 fully saturated rings. The largest absolute Gasteiger partial charge is 0.438 e. The highest BCUT2D eigenvalue weighted by Crippen LogP contribution is 2.71. The van der Waals surface area contributed by atoms with Gasteiger partial charge in [0.1, 0.15) is 6.10 Å². The van der Waals surface area contributed by atoms with Crippen molar-refractivity contribution < 1.29 is 29.6 Å². The summed E-state index contributed by atoms with van der Waals surface area (Å²) in [5, 5.41) is 34.4. The molecule has 192 valence electrons. The number of amides is 1. The standard InChI is InChI=1S/C29H35NO6/c1-15-13-28-16(2)11-20-22(27(20,3)4)19(24(28)33)12-18(14-31)23(32)29(28,35)25(15)36-26(34)30-10-9-17-7-5-6-8-21(17)30/h5-8,12-13,16,19-20,22-23,25,31-32,35H,9-11,14H2,1-4H3/t16?,19-,20+,22+,23+,25-,28?,29-/m0/s1. The summed E-state index contributed by atoms with van der Waals surface area (Å²) in [6, 6.07) is 7.62. The number of aliphatic hydroxyl groups excluding tert-OH is 2. The Kier molecular flexibility index (Phi) is 4.99. The molecule has 6 rings (SSSR count). The molecule has 1 aromatic carbocycles. The lowest BCUT2D eigenvalue weighted by atomic mass is 9.59. The van der Waals surface area contributed by atoms with E-state index in [2.05, 4.69) is 13.8 Å². The SMILES string of the molecule is CC1=CC23C(=O)[C@@H](C=C(CO)[C@@H](O)[C@]2(O)[C@H]1OC(=O)N1CCc2ccccc21)[C@@H]1[C@@H](CC3C)C1(C)C. The predicted molar refractivity (Wildman–Crippen MR) is 133 cm³/mol. The smallest absolute Gasteiger partial charge is 0.415 e. The number of aliphatic hydroxyl groups is 3. The number of fused-ring (bicyclic) bond motifs is 4. The van der Waals surface area contributed by atoms with E-state index in [1.54, 1.807) is 24.0 Å². The van der Waals surface area contributed by atoms with Crippen molar-refractivity contribution in [1.82, 2.24) is 0 Å². The normalized spacial score (nSPS) is 41.9. The minimum atomic E-state index is -2.12. The van der Waals surface area contributed by atoms with Gasteiger partial charge in [0, 0.05) is 12.5 Å². The molecule has 3 N–H and O–H groups in total. The van der Waals surface area contributed by atoms with E-state index in [9.17, 15) is 24.9 Å². The molecular formula is C29H35NO6.